The van der Waals surface area contributed by atoms with E-state index in [0.717, 1.165) is 17.7 Å². The van der Waals surface area contributed by atoms with Crippen LogP contribution in [0.3, 0.4) is 0 Å². The van der Waals surface area contributed by atoms with Gasteiger partial charge < -0.3 is 61.3 Å². The van der Waals surface area contributed by atoms with E-state index in [0.29, 0.717) is 0 Å². The minimum atomic E-state index is -5.47. The number of aromatic nitrogens is 2. The molecule has 19 nitrogen and oxygen atoms in total. The quantitative estimate of drug-likeness (QED) is 0.101. The Morgan fingerprint density at radius 2 is 1.95 bits per heavy atom. The summed E-state index contributed by atoms with van der Waals surface area (Å²) in [6, 6.07) is 1.21. The van der Waals surface area contributed by atoms with Crippen molar-refractivity contribution in [1.29, 1.82) is 0 Å². The van der Waals surface area contributed by atoms with Crippen molar-refractivity contribution < 1.29 is 68.2 Å². The number of hydrogen-bond acceptors (Lipinski definition) is 16. The summed E-state index contributed by atoms with van der Waals surface area (Å²) in [4.78, 5) is 49.8. The maximum absolute atomic E-state index is 12.8. The zero-order valence-electron chi connectivity index (χ0n) is 21.6. The molecule has 2 aliphatic rings. The number of aliphatic hydroxyl groups is 5. The molecule has 2 aliphatic heterocycles. The maximum Gasteiger partial charge on any atom is 0.475 e. The van der Waals surface area contributed by atoms with Gasteiger partial charge in [-0.15, -0.1) is 0 Å². The number of phosphoric acid groups is 1. The van der Waals surface area contributed by atoms with E-state index >= 15 is 0 Å². The summed E-state index contributed by atoms with van der Waals surface area (Å²) in [5.74, 6) is -7.02. The van der Waals surface area contributed by atoms with Crippen LogP contribution in [0, 0.1) is 5.92 Å². The Labute approximate surface area is 231 Å². The van der Waals surface area contributed by atoms with E-state index < -0.39 is 112 Å². The van der Waals surface area contributed by atoms with Gasteiger partial charge in [-0.3, -0.25) is 9.09 Å². The molecular weight excluding hydrogens is 579 g/mol. The van der Waals surface area contributed by atoms with Gasteiger partial charge in [0.1, 0.15) is 36.0 Å². The molecule has 0 aliphatic carbocycles. The number of nitrogens with zero attached hydrogens (tertiary/aromatic N) is 2. The zero-order chi connectivity index (χ0) is 30.9. The molecule has 11 atom stereocenters. The molecular formula is C21H33N4O15P. The van der Waals surface area contributed by atoms with E-state index in [-0.39, 0.29) is 5.82 Å². The molecule has 2 fully saturated rings. The Balaban J connectivity index is 1.79. The van der Waals surface area contributed by atoms with Gasteiger partial charge in [-0.25, -0.2) is 18.7 Å². The van der Waals surface area contributed by atoms with Crippen LogP contribution in [0.2, 0.25) is 0 Å². The van der Waals surface area contributed by atoms with Crippen LogP contribution < -0.4 is 17.2 Å². The van der Waals surface area contributed by atoms with Crippen LogP contribution in [0.25, 0.3) is 0 Å². The third kappa shape index (κ3) is 7.34. The Morgan fingerprint density at radius 3 is 2.51 bits per heavy atom. The number of carboxylic acids is 1. The normalized spacial score (nSPS) is 35.0. The third-order valence-electron chi connectivity index (χ3n) is 6.67. The van der Waals surface area contributed by atoms with E-state index in [1.165, 1.54) is 6.07 Å². The van der Waals surface area contributed by atoms with Crippen LogP contribution in [-0.4, -0.2) is 119 Å². The largest absolute Gasteiger partial charge is 0.477 e. The van der Waals surface area contributed by atoms with Crippen molar-refractivity contribution in [1.82, 2.24) is 9.55 Å². The molecule has 0 amide bonds. The molecule has 41 heavy (non-hydrogen) atoms. The number of nitrogen functional groups attached to an aromatic ring is 1. The van der Waals surface area contributed by atoms with Crippen molar-refractivity contribution >= 4 is 25.4 Å². The lowest BCUT2D eigenvalue weighted by molar-refractivity contribution is -0.296. The first-order chi connectivity index (χ1) is 19.0. The second kappa shape index (κ2) is 12.9. The number of carboxylic acid groups (broad SMARTS) is 1. The van der Waals surface area contributed by atoms with Crippen molar-refractivity contribution in [2.24, 2.45) is 11.7 Å². The predicted molar refractivity (Wildman–Crippen MR) is 131 cm³/mol. The third-order valence-corrected chi connectivity index (χ3v) is 7.67. The summed E-state index contributed by atoms with van der Waals surface area (Å²) in [6.45, 7) is -0.355. The van der Waals surface area contributed by atoms with Crippen molar-refractivity contribution in [3.8, 4) is 0 Å². The number of carbonyl (C=O) groups is 2. The number of anilines is 1. The van der Waals surface area contributed by atoms with Crippen molar-refractivity contribution in [2.75, 3.05) is 18.9 Å². The van der Waals surface area contributed by atoms with Gasteiger partial charge >= 0.3 is 19.5 Å². The number of aliphatic carboxylic acids is 1. The Kier molecular flexibility index (Phi) is 10.4. The second-order valence-corrected chi connectivity index (χ2v) is 11.1. The molecule has 0 spiro atoms. The number of aliphatic hydroxyl groups excluding tert-OH is 5. The minimum absolute atomic E-state index is 0.125. The second-order valence-electron chi connectivity index (χ2n) is 9.72. The van der Waals surface area contributed by atoms with Crippen LogP contribution in [0.5, 0.6) is 0 Å². The number of rotatable bonds is 12. The number of Topliss-reactive ketones (excluding diaryl/α,β-unsaturated/α-hetero) is 1. The first-order valence-electron chi connectivity index (χ1n) is 12.2. The Morgan fingerprint density at radius 1 is 1.29 bits per heavy atom. The molecule has 1 aromatic heterocycles. The van der Waals surface area contributed by atoms with Gasteiger partial charge in [0.05, 0.1) is 24.9 Å². The van der Waals surface area contributed by atoms with Gasteiger partial charge in [-0.2, -0.15) is 4.98 Å². The SMILES string of the molecule is CC(=O)C[C@H]1C([C@H](O)[C@H](O)CN)O[C@](OP(=O)(O)OC[C@H]2O[C@@H](n3ccc(N)nc3=O)C(O)[C@H]2O)(C(=O)O)C[C@H]1O. The highest BCUT2D eigenvalue weighted by atomic mass is 31.2. The molecule has 232 valence electrons. The summed E-state index contributed by atoms with van der Waals surface area (Å²) in [6.07, 6.45) is -14.1. The number of ether oxygens (including phenoxy) is 2. The van der Waals surface area contributed by atoms with E-state index in [4.69, 9.17) is 30.0 Å². The summed E-state index contributed by atoms with van der Waals surface area (Å²) in [5.41, 5.74) is 9.83. The molecule has 3 heterocycles. The Bertz CT molecular complexity index is 1220. The van der Waals surface area contributed by atoms with Crippen LogP contribution in [-0.2, 0) is 32.7 Å². The zero-order valence-corrected chi connectivity index (χ0v) is 22.5. The molecule has 3 unspecified atom stereocenters. The molecule has 11 N–H and O–H groups in total. The Hall–Kier alpha value is -2.39. The van der Waals surface area contributed by atoms with Gasteiger partial charge in [-0.1, -0.05) is 0 Å². The molecule has 0 radical (unpaired) electrons. The van der Waals surface area contributed by atoms with Crippen molar-refractivity contribution in [3.63, 3.8) is 0 Å². The standard InChI is InChI=1S/C21H33N4O15P/c1-8(26)4-9-10(27)5-21(19(32)33,39-17(9)14(29)11(28)6-22)40-41(35,36)37-7-12-15(30)16(31)18(38-12)25-3-2-13(23)24-20(25)34/h2-3,9-12,14-18,27-31H,4-7,22H2,1H3,(H,32,33)(H,35,36)(H2,23,24,34)/t9-,10-,11-,12-,14-,15+,16?,17?,18-,21-/m1/s1. The van der Waals surface area contributed by atoms with Crippen LogP contribution in [0.1, 0.15) is 26.0 Å². The van der Waals surface area contributed by atoms with Gasteiger partial charge in [0.2, 0.25) is 0 Å². The smallest absolute Gasteiger partial charge is 0.475 e. The number of nitrogens with two attached hydrogens (primary N) is 2. The lowest BCUT2D eigenvalue weighted by atomic mass is 9.80. The lowest BCUT2D eigenvalue weighted by Crippen LogP contribution is -2.62. The highest BCUT2D eigenvalue weighted by molar-refractivity contribution is 7.47. The topological polar surface area (TPSA) is 317 Å². The first kappa shape index (κ1) is 33.1. The summed E-state index contributed by atoms with van der Waals surface area (Å²) < 4.78 is 34.0. The van der Waals surface area contributed by atoms with E-state index in [2.05, 4.69) is 4.98 Å². The monoisotopic (exact) mass is 612 g/mol. The van der Waals surface area contributed by atoms with E-state index in [9.17, 15) is 54.5 Å². The van der Waals surface area contributed by atoms with Crippen molar-refractivity contribution in [2.45, 2.75) is 74.5 Å². The maximum atomic E-state index is 12.8. The van der Waals surface area contributed by atoms with Gasteiger partial charge in [0.15, 0.2) is 6.23 Å². The van der Waals surface area contributed by atoms with Gasteiger partial charge in [-0.05, 0) is 13.0 Å². The highest BCUT2D eigenvalue weighted by Gasteiger charge is 2.58. The molecule has 0 bridgehead atoms. The molecule has 0 aromatic carbocycles. The highest BCUT2D eigenvalue weighted by Crippen LogP contribution is 2.52. The van der Waals surface area contributed by atoms with Gasteiger partial charge in [0, 0.05) is 31.5 Å². The molecule has 2 saturated heterocycles. The molecule has 3 rings (SSSR count). The van der Waals surface area contributed by atoms with Crippen LogP contribution >= 0.6 is 7.82 Å². The summed E-state index contributed by atoms with van der Waals surface area (Å²) >= 11 is 0. The number of hydrogen-bond donors (Lipinski definition) is 9. The fourth-order valence-electron chi connectivity index (χ4n) is 4.60. The minimum Gasteiger partial charge on any atom is -0.477 e. The predicted octanol–water partition coefficient (Wildman–Crippen LogP) is -4.22. The summed E-state index contributed by atoms with van der Waals surface area (Å²) in [5, 5.41) is 61.7. The molecule has 20 heteroatoms. The first-order valence-corrected chi connectivity index (χ1v) is 13.7. The van der Waals surface area contributed by atoms with Gasteiger partial charge in [0.25, 0.3) is 5.79 Å². The van der Waals surface area contributed by atoms with Crippen LogP contribution in [0.4, 0.5) is 5.82 Å². The molecule has 1 aromatic rings. The average molecular weight is 612 g/mol. The number of carbonyl (C=O) groups excluding carboxylic acids is 1. The average Bonchev–Trinajstić information content (AvgIpc) is 3.16. The lowest BCUT2D eigenvalue weighted by Gasteiger charge is -2.46. The fourth-order valence-corrected chi connectivity index (χ4v) is 5.55. The number of ketones is 1. The fraction of sp³-hybridized carbons (Fsp3) is 0.714. The number of phosphoric ester groups is 1. The van der Waals surface area contributed by atoms with Crippen LogP contribution in [0.15, 0.2) is 17.1 Å². The molecule has 0 saturated carbocycles. The van der Waals surface area contributed by atoms with Crippen molar-refractivity contribution in [3.05, 3.63) is 22.7 Å². The van der Waals surface area contributed by atoms with E-state index in [1.54, 1.807) is 0 Å². The van der Waals surface area contributed by atoms with E-state index in [1.807, 2.05) is 0 Å². The summed E-state index contributed by atoms with van der Waals surface area (Å²) in [7, 11) is -5.47.